The summed E-state index contributed by atoms with van der Waals surface area (Å²) in [4.78, 5) is 15.7. The predicted octanol–water partition coefficient (Wildman–Crippen LogP) is 3.55. The van der Waals surface area contributed by atoms with Crippen LogP contribution in [0.4, 0.5) is 0 Å². The van der Waals surface area contributed by atoms with E-state index < -0.39 is 6.04 Å². The van der Waals surface area contributed by atoms with Crippen LogP contribution in [0.5, 0.6) is 5.75 Å². The molecule has 0 aliphatic carbocycles. The van der Waals surface area contributed by atoms with Gasteiger partial charge in [-0.15, -0.1) is 0 Å². The Bertz CT molecular complexity index is 886. The Morgan fingerprint density at radius 3 is 2.63 bits per heavy atom. The van der Waals surface area contributed by atoms with E-state index >= 15 is 0 Å². The van der Waals surface area contributed by atoms with Crippen molar-refractivity contribution >= 4 is 16.8 Å². The third kappa shape index (κ3) is 4.31. The van der Waals surface area contributed by atoms with Gasteiger partial charge in [-0.2, -0.15) is 0 Å². The van der Waals surface area contributed by atoms with Crippen LogP contribution in [0, 0.1) is 0 Å². The number of nitrogens with two attached hydrogens (primary N) is 1. The summed E-state index contributed by atoms with van der Waals surface area (Å²) in [5, 5.41) is 4.20. The lowest BCUT2D eigenvalue weighted by molar-refractivity contribution is -0.122. The summed E-state index contributed by atoms with van der Waals surface area (Å²) < 4.78 is 5.27. The summed E-state index contributed by atoms with van der Waals surface area (Å²) in [6.45, 7) is 2.52. The fraction of sp³-hybridized carbons (Fsp3) is 0.318. The second kappa shape index (κ2) is 8.73. The number of methoxy groups -OCH3 is 1. The number of aromatic nitrogens is 1. The molecule has 0 aliphatic heterocycles. The number of hydrogen-bond donors (Lipinski definition) is 3. The van der Waals surface area contributed by atoms with Gasteiger partial charge in [-0.3, -0.25) is 4.79 Å². The molecule has 0 radical (unpaired) electrons. The molecule has 1 heterocycles. The van der Waals surface area contributed by atoms with Crippen LogP contribution in [0.2, 0.25) is 0 Å². The van der Waals surface area contributed by atoms with Crippen molar-refractivity contribution in [2.24, 2.45) is 5.73 Å². The molecule has 5 nitrogen and oxygen atoms in total. The third-order valence-corrected chi connectivity index (χ3v) is 4.93. The number of ether oxygens (including phenoxy) is 1. The average Bonchev–Trinajstić information content (AvgIpc) is 3.12. The molecule has 4 N–H and O–H groups in total. The first-order valence-corrected chi connectivity index (χ1v) is 9.37. The van der Waals surface area contributed by atoms with E-state index in [1.54, 1.807) is 7.11 Å². The number of benzene rings is 2. The third-order valence-electron chi connectivity index (χ3n) is 4.93. The highest BCUT2D eigenvalue weighted by Gasteiger charge is 2.20. The van der Waals surface area contributed by atoms with E-state index in [9.17, 15) is 4.79 Å². The van der Waals surface area contributed by atoms with Crippen molar-refractivity contribution in [3.63, 3.8) is 0 Å². The van der Waals surface area contributed by atoms with Crippen molar-refractivity contribution in [3.05, 3.63) is 65.9 Å². The maximum atomic E-state index is 12.3. The van der Waals surface area contributed by atoms with Crippen molar-refractivity contribution in [2.75, 3.05) is 13.7 Å². The van der Waals surface area contributed by atoms with Crippen LogP contribution in [0.25, 0.3) is 10.9 Å². The Morgan fingerprint density at radius 2 is 1.93 bits per heavy atom. The average molecular weight is 365 g/mol. The van der Waals surface area contributed by atoms with E-state index in [1.165, 1.54) is 0 Å². The van der Waals surface area contributed by atoms with Crippen LogP contribution in [0.3, 0.4) is 0 Å². The number of rotatable bonds is 8. The van der Waals surface area contributed by atoms with Crippen LogP contribution in [0.1, 0.15) is 36.8 Å². The number of hydrogen-bond acceptors (Lipinski definition) is 3. The Kier molecular flexibility index (Phi) is 6.14. The van der Waals surface area contributed by atoms with Gasteiger partial charge in [0.25, 0.3) is 0 Å². The summed E-state index contributed by atoms with van der Waals surface area (Å²) >= 11 is 0. The van der Waals surface area contributed by atoms with Crippen molar-refractivity contribution in [1.29, 1.82) is 0 Å². The Hall–Kier alpha value is -2.79. The number of carbonyl (C=O) groups is 1. The zero-order chi connectivity index (χ0) is 19.2. The molecular weight excluding hydrogens is 338 g/mol. The molecule has 0 spiro atoms. The van der Waals surface area contributed by atoms with E-state index in [0.29, 0.717) is 13.0 Å². The van der Waals surface area contributed by atoms with Gasteiger partial charge in [0, 0.05) is 29.6 Å². The van der Waals surface area contributed by atoms with Crippen molar-refractivity contribution in [2.45, 2.75) is 31.7 Å². The standard InChI is InChI=1S/C22H27N3O2/c1-3-6-20(23)22(26)25-13-18(15-9-11-16(27-2)12-10-15)19-14-24-21-8-5-4-7-17(19)21/h4-5,7-12,14,18,20,24H,3,6,13,23H2,1-2H3,(H,25,26). The van der Waals surface area contributed by atoms with Crippen LogP contribution in [-0.4, -0.2) is 30.6 Å². The molecule has 27 heavy (non-hydrogen) atoms. The summed E-state index contributed by atoms with van der Waals surface area (Å²) in [5.41, 5.74) is 9.32. The van der Waals surface area contributed by atoms with Gasteiger partial charge >= 0.3 is 0 Å². The van der Waals surface area contributed by atoms with Gasteiger partial charge in [0.2, 0.25) is 5.91 Å². The minimum atomic E-state index is -0.463. The van der Waals surface area contributed by atoms with Crippen molar-refractivity contribution in [1.82, 2.24) is 10.3 Å². The Morgan fingerprint density at radius 1 is 1.19 bits per heavy atom. The smallest absolute Gasteiger partial charge is 0.236 e. The van der Waals surface area contributed by atoms with Crippen LogP contribution in [-0.2, 0) is 4.79 Å². The lowest BCUT2D eigenvalue weighted by Gasteiger charge is -2.20. The maximum absolute atomic E-state index is 12.3. The van der Waals surface area contributed by atoms with E-state index in [4.69, 9.17) is 10.5 Å². The fourth-order valence-corrected chi connectivity index (χ4v) is 3.40. The van der Waals surface area contributed by atoms with Crippen molar-refractivity contribution in [3.8, 4) is 5.75 Å². The highest BCUT2D eigenvalue weighted by Crippen LogP contribution is 2.31. The molecule has 142 valence electrons. The fourth-order valence-electron chi connectivity index (χ4n) is 3.40. The molecule has 1 aromatic heterocycles. The number of carbonyl (C=O) groups excluding carboxylic acids is 1. The second-order valence-corrected chi connectivity index (χ2v) is 6.76. The van der Waals surface area contributed by atoms with Gasteiger partial charge < -0.3 is 20.8 Å². The molecule has 2 atom stereocenters. The molecule has 3 rings (SSSR count). The number of aromatic amines is 1. The lowest BCUT2D eigenvalue weighted by atomic mass is 9.90. The molecular formula is C22H27N3O2. The first-order valence-electron chi connectivity index (χ1n) is 9.37. The Labute approximate surface area is 159 Å². The number of para-hydroxylation sites is 1. The monoisotopic (exact) mass is 365 g/mol. The zero-order valence-electron chi connectivity index (χ0n) is 15.9. The zero-order valence-corrected chi connectivity index (χ0v) is 15.9. The van der Waals surface area contributed by atoms with Crippen molar-refractivity contribution < 1.29 is 9.53 Å². The number of nitrogens with one attached hydrogen (secondary N) is 2. The topological polar surface area (TPSA) is 80.1 Å². The minimum Gasteiger partial charge on any atom is -0.497 e. The normalized spacial score (nSPS) is 13.3. The van der Waals surface area contributed by atoms with Crippen LogP contribution in [0.15, 0.2) is 54.7 Å². The molecule has 0 aliphatic rings. The first kappa shape index (κ1) is 19.0. The van der Waals surface area contributed by atoms with E-state index in [0.717, 1.165) is 34.2 Å². The number of fused-ring (bicyclic) bond motifs is 1. The number of amides is 1. The molecule has 3 aromatic rings. The summed E-state index contributed by atoms with van der Waals surface area (Å²) in [6.07, 6.45) is 3.60. The molecule has 2 aromatic carbocycles. The van der Waals surface area contributed by atoms with Gasteiger partial charge in [0.1, 0.15) is 5.75 Å². The molecule has 5 heteroatoms. The lowest BCUT2D eigenvalue weighted by Crippen LogP contribution is -2.42. The molecule has 0 bridgehead atoms. The largest absolute Gasteiger partial charge is 0.497 e. The molecule has 2 unspecified atom stereocenters. The van der Waals surface area contributed by atoms with Gasteiger partial charge in [0.05, 0.1) is 13.2 Å². The van der Waals surface area contributed by atoms with Gasteiger partial charge in [-0.25, -0.2) is 0 Å². The minimum absolute atomic E-state index is 0.0184. The Balaban J connectivity index is 1.90. The predicted molar refractivity (Wildman–Crippen MR) is 109 cm³/mol. The number of H-pyrrole nitrogens is 1. The highest BCUT2D eigenvalue weighted by molar-refractivity contribution is 5.85. The van der Waals surface area contributed by atoms with Gasteiger partial charge in [-0.05, 0) is 35.7 Å². The maximum Gasteiger partial charge on any atom is 0.236 e. The molecule has 1 amide bonds. The second-order valence-electron chi connectivity index (χ2n) is 6.76. The summed E-state index contributed by atoms with van der Waals surface area (Å²) in [6, 6.07) is 15.7. The SMILES string of the molecule is CCCC(N)C(=O)NCC(c1ccc(OC)cc1)c1c[nH]c2ccccc12. The van der Waals surface area contributed by atoms with Gasteiger partial charge in [0.15, 0.2) is 0 Å². The summed E-state index contributed by atoms with van der Waals surface area (Å²) in [5.74, 6) is 0.727. The van der Waals surface area contributed by atoms with E-state index in [-0.39, 0.29) is 11.8 Å². The van der Waals surface area contributed by atoms with Gasteiger partial charge in [-0.1, -0.05) is 43.7 Å². The molecule has 0 fully saturated rings. The quantitative estimate of drug-likeness (QED) is 0.571. The van der Waals surface area contributed by atoms with E-state index in [1.807, 2.05) is 49.5 Å². The van der Waals surface area contributed by atoms with Crippen LogP contribution < -0.4 is 15.8 Å². The van der Waals surface area contributed by atoms with E-state index in [2.05, 4.69) is 22.4 Å². The summed E-state index contributed by atoms with van der Waals surface area (Å²) in [7, 11) is 1.65. The molecule has 0 saturated heterocycles. The first-order chi connectivity index (χ1) is 13.1. The van der Waals surface area contributed by atoms with Crippen LogP contribution >= 0.6 is 0 Å². The molecule has 0 saturated carbocycles. The highest BCUT2D eigenvalue weighted by atomic mass is 16.5.